The average molecular weight is 347 g/mol. The minimum Gasteiger partial charge on any atom is -0.479 e. The lowest BCUT2D eigenvalue weighted by Gasteiger charge is -2.36. The van der Waals surface area contributed by atoms with Crippen LogP contribution >= 0.6 is 0 Å². The molecule has 1 aromatic carbocycles. The fourth-order valence-electron chi connectivity index (χ4n) is 2.60. The van der Waals surface area contributed by atoms with Gasteiger partial charge in [-0.25, -0.2) is 4.79 Å². The van der Waals surface area contributed by atoms with Crippen LogP contribution in [0.25, 0.3) is 0 Å². The summed E-state index contributed by atoms with van der Waals surface area (Å²) in [7, 11) is 0. The van der Waals surface area contributed by atoms with Gasteiger partial charge in [-0.05, 0) is 51.3 Å². The third-order valence-corrected chi connectivity index (χ3v) is 4.18. The van der Waals surface area contributed by atoms with E-state index in [-0.39, 0.29) is 11.7 Å². The van der Waals surface area contributed by atoms with Crippen LogP contribution < -0.4 is 9.64 Å². The van der Waals surface area contributed by atoms with E-state index in [1.54, 1.807) is 32.0 Å². The van der Waals surface area contributed by atoms with Crippen LogP contribution in [0.1, 0.15) is 51.4 Å². The molecule has 0 aromatic heterocycles. The number of Topliss-reactive ketones (excluding diaryl/α,β-unsaturated/α-hetero) is 1. The Balaban J connectivity index is 2.29. The highest BCUT2D eigenvalue weighted by atomic mass is 16.5. The average Bonchev–Trinajstić information content (AvgIpc) is 2.54. The van der Waals surface area contributed by atoms with Crippen molar-refractivity contribution in [2.45, 2.75) is 53.2 Å². The number of carbonyl (C=O) groups excluding carboxylic acids is 3. The van der Waals surface area contributed by atoms with E-state index >= 15 is 0 Å². The predicted molar refractivity (Wildman–Crippen MR) is 93.9 cm³/mol. The lowest BCUT2D eigenvalue weighted by molar-refractivity contribution is -0.147. The summed E-state index contributed by atoms with van der Waals surface area (Å²) < 4.78 is 10.9. The monoisotopic (exact) mass is 347 g/mol. The van der Waals surface area contributed by atoms with E-state index in [0.29, 0.717) is 29.5 Å². The Morgan fingerprint density at radius 3 is 2.56 bits per heavy atom. The lowest BCUT2D eigenvalue weighted by Crippen LogP contribution is -2.52. The normalized spacial score (nSPS) is 17.8. The van der Waals surface area contributed by atoms with Crippen molar-refractivity contribution < 1.29 is 23.9 Å². The molecule has 0 fully saturated rings. The fraction of sp³-hybridized carbons (Fsp3) is 0.526. The summed E-state index contributed by atoms with van der Waals surface area (Å²) in [5.74, 6) is -0.0318. The fourth-order valence-corrected chi connectivity index (χ4v) is 2.60. The second kappa shape index (κ2) is 7.68. The largest absolute Gasteiger partial charge is 0.479 e. The number of esters is 1. The van der Waals surface area contributed by atoms with Gasteiger partial charge in [0.25, 0.3) is 5.91 Å². The van der Waals surface area contributed by atoms with Crippen LogP contribution in [-0.2, 0) is 14.3 Å². The molecule has 0 N–H and O–H groups in total. The highest BCUT2D eigenvalue weighted by Gasteiger charge is 2.38. The molecule has 1 aromatic rings. The minimum absolute atomic E-state index is 0.124. The third kappa shape index (κ3) is 4.18. The minimum atomic E-state index is -0.799. The van der Waals surface area contributed by atoms with Gasteiger partial charge in [-0.3, -0.25) is 14.5 Å². The molecule has 6 heteroatoms. The highest BCUT2D eigenvalue weighted by Crippen LogP contribution is 2.36. The van der Waals surface area contributed by atoms with Crippen LogP contribution in [0.15, 0.2) is 18.2 Å². The molecule has 1 amide bonds. The Morgan fingerprint density at radius 1 is 1.28 bits per heavy atom. The summed E-state index contributed by atoms with van der Waals surface area (Å²) >= 11 is 0. The molecular weight excluding hydrogens is 322 g/mol. The topological polar surface area (TPSA) is 72.9 Å². The van der Waals surface area contributed by atoms with Crippen LogP contribution in [0.3, 0.4) is 0 Å². The highest BCUT2D eigenvalue weighted by molar-refractivity contribution is 6.05. The van der Waals surface area contributed by atoms with Crippen molar-refractivity contribution in [1.29, 1.82) is 0 Å². The number of benzene rings is 1. The summed E-state index contributed by atoms with van der Waals surface area (Å²) in [5, 5.41) is 0. The maximum Gasteiger partial charge on any atom is 0.328 e. The van der Waals surface area contributed by atoms with Gasteiger partial charge < -0.3 is 9.47 Å². The van der Waals surface area contributed by atoms with E-state index in [4.69, 9.17) is 9.47 Å². The van der Waals surface area contributed by atoms with Crippen molar-refractivity contribution in [3.05, 3.63) is 23.8 Å². The molecule has 0 spiro atoms. The Morgan fingerprint density at radius 2 is 1.96 bits per heavy atom. The van der Waals surface area contributed by atoms with Gasteiger partial charge in [0.2, 0.25) is 0 Å². The molecule has 2 unspecified atom stereocenters. The molecule has 0 saturated carbocycles. The standard InChI is InChI=1S/C19H25NO5/c1-11(2)8-9-24-19(23)12(3)20-16-10-15(13(4)21)6-7-17(16)25-14(5)18(20)22/h6-7,10-12,14H,8-9H2,1-5H3. The van der Waals surface area contributed by atoms with Gasteiger partial charge in [-0.1, -0.05) is 13.8 Å². The molecule has 0 radical (unpaired) electrons. The van der Waals surface area contributed by atoms with Gasteiger partial charge in [-0.2, -0.15) is 0 Å². The first kappa shape index (κ1) is 19.0. The number of rotatable bonds is 6. The maximum atomic E-state index is 12.6. The summed E-state index contributed by atoms with van der Waals surface area (Å²) in [5.41, 5.74) is 0.874. The first-order valence-electron chi connectivity index (χ1n) is 8.53. The Hall–Kier alpha value is -2.37. The second-order valence-corrected chi connectivity index (χ2v) is 6.73. The quantitative estimate of drug-likeness (QED) is 0.584. The van der Waals surface area contributed by atoms with Crippen LogP contribution in [-0.4, -0.2) is 36.4 Å². The number of hydrogen-bond donors (Lipinski definition) is 0. The lowest BCUT2D eigenvalue weighted by atomic mass is 10.1. The Kier molecular flexibility index (Phi) is 5.82. The molecule has 25 heavy (non-hydrogen) atoms. The Bertz CT molecular complexity index is 682. The van der Waals surface area contributed by atoms with Crippen LogP contribution in [0.5, 0.6) is 5.75 Å². The van der Waals surface area contributed by atoms with Crippen molar-refractivity contribution in [3.63, 3.8) is 0 Å². The summed E-state index contributed by atoms with van der Waals surface area (Å²) in [6.45, 7) is 9.11. The first-order chi connectivity index (χ1) is 11.7. The second-order valence-electron chi connectivity index (χ2n) is 6.73. The van der Waals surface area contributed by atoms with E-state index in [0.717, 1.165) is 6.42 Å². The molecule has 6 nitrogen and oxygen atoms in total. The number of nitrogens with zero attached hydrogens (tertiary/aromatic N) is 1. The van der Waals surface area contributed by atoms with Crippen molar-refractivity contribution in [2.24, 2.45) is 5.92 Å². The SMILES string of the molecule is CC(=O)c1ccc2c(c1)N(C(C)C(=O)OCCC(C)C)C(=O)C(C)O2. The number of hydrogen-bond acceptors (Lipinski definition) is 5. The number of carbonyl (C=O) groups is 3. The predicted octanol–water partition coefficient (Wildman–Crippen LogP) is 2.98. The Labute approximate surface area is 148 Å². The van der Waals surface area contributed by atoms with Gasteiger partial charge in [0.1, 0.15) is 11.8 Å². The van der Waals surface area contributed by atoms with E-state index in [2.05, 4.69) is 0 Å². The van der Waals surface area contributed by atoms with E-state index in [9.17, 15) is 14.4 Å². The molecule has 2 atom stereocenters. The van der Waals surface area contributed by atoms with Gasteiger partial charge >= 0.3 is 5.97 Å². The molecule has 0 aliphatic carbocycles. The van der Waals surface area contributed by atoms with Crippen LogP contribution in [0.2, 0.25) is 0 Å². The zero-order valence-corrected chi connectivity index (χ0v) is 15.4. The van der Waals surface area contributed by atoms with Gasteiger partial charge in [0.15, 0.2) is 11.9 Å². The van der Waals surface area contributed by atoms with Gasteiger partial charge in [0, 0.05) is 5.56 Å². The van der Waals surface area contributed by atoms with E-state index in [1.807, 2.05) is 13.8 Å². The van der Waals surface area contributed by atoms with E-state index < -0.39 is 18.1 Å². The van der Waals surface area contributed by atoms with Crippen molar-refractivity contribution in [1.82, 2.24) is 0 Å². The van der Waals surface area contributed by atoms with Crippen molar-refractivity contribution >= 4 is 23.3 Å². The van der Waals surface area contributed by atoms with Gasteiger partial charge in [0.05, 0.1) is 12.3 Å². The van der Waals surface area contributed by atoms with Crippen LogP contribution in [0.4, 0.5) is 5.69 Å². The molecule has 1 aliphatic heterocycles. The van der Waals surface area contributed by atoms with E-state index in [1.165, 1.54) is 11.8 Å². The number of anilines is 1. The number of amides is 1. The number of ether oxygens (including phenoxy) is 2. The summed E-state index contributed by atoms with van der Waals surface area (Å²) in [6.07, 6.45) is 0.0540. The maximum absolute atomic E-state index is 12.6. The summed E-state index contributed by atoms with van der Waals surface area (Å²) in [4.78, 5) is 38.0. The molecule has 0 saturated heterocycles. The first-order valence-corrected chi connectivity index (χ1v) is 8.53. The molecule has 136 valence electrons. The molecule has 1 aliphatic rings. The molecular formula is C19H25NO5. The molecule has 1 heterocycles. The number of ketones is 1. The van der Waals surface area contributed by atoms with Crippen molar-refractivity contribution in [2.75, 3.05) is 11.5 Å². The molecule has 0 bridgehead atoms. The smallest absolute Gasteiger partial charge is 0.328 e. The summed E-state index contributed by atoms with van der Waals surface area (Å²) in [6, 6.07) is 4.08. The van der Waals surface area contributed by atoms with Gasteiger partial charge in [-0.15, -0.1) is 0 Å². The zero-order valence-electron chi connectivity index (χ0n) is 15.4. The van der Waals surface area contributed by atoms with Crippen LogP contribution in [0, 0.1) is 5.92 Å². The zero-order chi connectivity index (χ0) is 18.7. The number of fused-ring (bicyclic) bond motifs is 1. The third-order valence-electron chi connectivity index (χ3n) is 4.18. The molecule has 2 rings (SSSR count). The van der Waals surface area contributed by atoms with Crippen molar-refractivity contribution in [3.8, 4) is 5.75 Å².